The molecule has 0 aromatic rings. The summed E-state index contributed by atoms with van der Waals surface area (Å²) in [5.41, 5.74) is 0.278. The first-order valence-electron chi connectivity index (χ1n) is 5.31. The quantitative estimate of drug-likeness (QED) is 0.551. The lowest BCUT2D eigenvalue weighted by atomic mass is 9.86. The zero-order valence-corrected chi connectivity index (χ0v) is 9.32. The van der Waals surface area contributed by atoms with E-state index in [1.165, 1.54) is 32.1 Å². The van der Waals surface area contributed by atoms with Crippen LogP contribution >= 0.6 is 0 Å². The summed E-state index contributed by atoms with van der Waals surface area (Å²) in [6, 6.07) is 0. The van der Waals surface area contributed by atoms with Crippen molar-refractivity contribution < 1.29 is 0 Å². The molecule has 0 heteroatoms. The smallest absolute Gasteiger partial charge is 0.0354 e. The predicted octanol–water partition coefficient (Wildman–Crippen LogP) is 4.45. The summed E-state index contributed by atoms with van der Waals surface area (Å²) >= 11 is 0. The van der Waals surface area contributed by atoms with Crippen molar-refractivity contribution in [1.29, 1.82) is 0 Å². The minimum absolute atomic E-state index is 0.278. The zero-order chi connectivity index (χ0) is 9.61. The summed E-state index contributed by atoms with van der Waals surface area (Å²) in [6.45, 7) is 13.2. The fraction of sp³-hybridized carbons (Fsp3) is 0.917. The molecule has 0 bridgehead atoms. The maximum Gasteiger partial charge on any atom is -0.0354 e. The Kier molecular flexibility index (Phi) is 5.61. The van der Waals surface area contributed by atoms with Gasteiger partial charge in [-0.15, -0.1) is 0 Å². The molecule has 0 aromatic carbocycles. The molecule has 0 saturated heterocycles. The Morgan fingerprint density at radius 3 is 2.25 bits per heavy atom. The summed E-state index contributed by atoms with van der Waals surface area (Å²) in [5, 5.41) is 0. The predicted molar refractivity (Wildman–Crippen MR) is 57.1 cm³/mol. The van der Waals surface area contributed by atoms with Gasteiger partial charge in [-0.3, -0.25) is 0 Å². The molecule has 1 radical (unpaired) electrons. The van der Waals surface area contributed by atoms with Crippen LogP contribution in [0.5, 0.6) is 0 Å². The van der Waals surface area contributed by atoms with Gasteiger partial charge in [0.15, 0.2) is 0 Å². The van der Waals surface area contributed by atoms with Crippen LogP contribution in [0.1, 0.15) is 59.8 Å². The van der Waals surface area contributed by atoms with Crippen molar-refractivity contribution in [3.63, 3.8) is 0 Å². The maximum atomic E-state index is 4.12. The van der Waals surface area contributed by atoms with Crippen LogP contribution in [0.25, 0.3) is 0 Å². The number of unbranched alkanes of at least 4 members (excludes halogenated alkanes) is 1. The average molecular weight is 169 g/mol. The second-order valence-electron chi connectivity index (χ2n) is 4.95. The molecule has 0 aliphatic rings. The molecule has 73 valence electrons. The molecular formula is C12H25. The molecule has 0 saturated carbocycles. The van der Waals surface area contributed by atoms with Crippen LogP contribution in [0.2, 0.25) is 0 Å². The lowest BCUT2D eigenvalue weighted by Crippen LogP contribution is -2.07. The maximum absolute atomic E-state index is 4.12. The minimum atomic E-state index is 0.278. The van der Waals surface area contributed by atoms with Crippen LogP contribution in [0.4, 0.5) is 0 Å². The van der Waals surface area contributed by atoms with Gasteiger partial charge in [-0.05, 0) is 24.7 Å². The third-order valence-corrected chi connectivity index (χ3v) is 2.36. The highest BCUT2D eigenvalue weighted by molar-refractivity contribution is 4.71. The lowest BCUT2D eigenvalue weighted by molar-refractivity contribution is 0.354. The van der Waals surface area contributed by atoms with E-state index in [1.54, 1.807) is 0 Å². The summed E-state index contributed by atoms with van der Waals surface area (Å²) < 4.78 is 0. The van der Waals surface area contributed by atoms with Gasteiger partial charge in [-0.25, -0.2) is 0 Å². The van der Waals surface area contributed by atoms with E-state index in [1.807, 2.05) is 0 Å². The highest BCUT2D eigenvalue weighted by atomic mass is 14.2. The van der Waals surface area contributed by atoms with Gasteiger partial charge in [-0.2, -0.15) is 0 Å². The van der Waals surface area contributed by atoms with Crippen LogP contribution in [-0.4, -0.2) is 0 Å². The van der Waals surface area contributed by atoms with Gasteiger partial charge in [0, 0.05) is 0 Å². The van der Waals surface area contributed by atoms with Crippen molar-refractivity contribution in [2.45, 2.75) is 59.8 Å². The first-order valence-corrected chi connectivity index (χ1v) is 5.31. The standard InChI is InChI=1S/C12H25/c1-6-7-8-11(2)9-10-12(3,4)5/h11H,3,6-10H2,1-2,4-5H3. The SMILES string of the molecule is [CH2]C(C)(C)CCC(C)CCCC. The molecule has 0 spiro atoms. The Morgan fingerprint density at radius 2 is 1.83 bits per heavy atom. The Hall–Kier alpha value is 0. The molecule has 0 heterocycles. The molecule has 0 nitrogen and oxygen atoms in total. The molecule has 0 aliphatic heterocycles. The molecular weight excluding hydrogens is 144 g/mol. The van der Waals surface area contributed by atoms with Gasteiger partial charge in [0.2, 0.25) is 0 Å². The first-order chi connectivity index (χ1) is 5.45. The Bertz CT molecular complexity index is 97.1. The van der Waals surface area contributed by atoms with Crippen molar-refractivity contribution in [2.24, 2.45) is 11.3 Å². The van der Waals surface area contributed by atoms with Gasteiger partial charge in [-0.1, -0.05) is 53.4 Å². The summed E-state index contributed by atoms with van der Waals surface area (Å²) in [6.07, 6.45) is 6.72. The fourth-order valence-electron chi connectivity index (χ4n) is 1.33. The largest absolute Gasteiger partial charge is 0.0654 e. The van der Waals surface area contributed by atoms with Crippen molar-refractivity contribution >= 4 is 0 Å². The second kappa shape index (κ2) is 5.61. The van der Waals surface area contributed by atoms with Crippen LogP contribution in [-0.2, 0) is 0 Å². The Balaban J connectivity index is 3.37. The fourth-order valence-corrected chi connectivity index (χ4v) is 1.33. The Morgan fingerprint density at radius 1 is 1.25 bits per heavy atom. The topological polar surface area (TPSA) is 0 Å². The van der Waals surface area contributed by atoms with E-state index in [-0.39, 0.29) is 5.41 Å². The Labute approximate surface area is 78.8 Å². The van der Waals surface area contributed by atoms with Crippen LogP contribution in [0.3, 0.4) is 0 Å². The molecule has 0 fully saturated rings. The molecule has 0 N–H and O–H groups in total. The normalized spacial score (nSPS) is 14.8. The monoisotopic (exact) mass is 169 g/mol. The number of rotatable bonds is 6. The molecule has 0 aliphatic carbocycles. The summed E-state index contributed by atoms with van der Waals surface area (Å²) in [7, 11) is 0. The van der Waals surface area contributed by atoms with E-state index < -0.39 is 0 Å². The highest BCUT2D eigenvalue weighted by Crippen LogP contribution is 2.24. The van der Waals surface area contributed by atoms with Gasteiger partial charge in [0.25, 0.3) is 0 Å². The van der Waals surface area contributed by atoms with Gasteiger partial charge in [0.05, 0.1) is 0 Å². The van der Waals surface area contributed by atoms with Gasteiger partial charge in [0.1, 0.15) is 0 Å². The molecule has 0 aromatic heterocycles. The van der Waals surface area contributed by atoms with E-state index >= 15 is 0 Å². The first kappa shape index (κ1) is 12.0. The van der Waals surface area contributed by atoms with E-state index in [0.29, 0.717) is 0 Å². The van der Waals surface area contributed by atoms with Gasteiger partial charge >= 0.3 is 0 Å². The van der Waals surface area contributed by atoms with E-state index in [2.05, 4.69) is 34.6 Å². The third kappa shape index (κ3) is 8.10. The average Bonchev–Trinajstić information content (AvgIpc) is 1.95. The van der Waals surface area contributed by atoms with Crippen molar-refractivity contribution in [1.82, 2.24) is 0 Å². The summed E-state index contributed by atoms with van der Waals surface area (Å²) in [4.78, 5) is 0. The van der Waals surface area contributed by atoms with Crippen LogP contribution < -0.4 is 0 Å². The van der Waals surface area contributed by atoms with Crippen LogP contribution in [0, 0.1) is 18.3 Å². The molecule has 1 atom stereocenters. The molecule has 12 heavy (non-hydrogen) atoms. The molecule has 0 rings (SSSR count). The van der Waals surface area contributed by atoms with Crippen molar-refractivity contribution in [2.75, 3.05) is 0 Å². The number of hydrogen-bond acceptors (Lipinski definition) is 0. The molecule has 0 amide bonds. The van der Waals surface area contributed by atoms with Gasteiger partial charge < -0.3 is 0 Å². The van der Waals surface area contributed by atoms with E-state index in [4.69, 9.17) is 0 Å². The second-order valence-corrected chi connectivity index (χ2v) is 4.95. The summed E-state index contributed by atoms with van der Waals surface area (Å²) in [5.74, 6) is 0.894. The van der Waals surface area contributed by atoms with Crippen LogP contribution in [0.15, 0.2) is 0 Å². The highest BCUT2D eigenvalue weighted by Gasteiger charge is 2.11. The zero-order valence-electron chi connectivity index (χ0n) is 9.32. The lowest BCUT2D eigenvalue weighted by Gasteiger charge is -2.20. The number of hydrogen-bond donors (Lipinski definition) is 0. The molecule has 1 unspecified atom stereocenters. The van der Waals surface area contributed by atoms with E-state index in [9.17, 15) is 0 Å². The van der Waals surface area contributed by atoms with Crippen molar-refractivity contribution in [3.8, 4) is 0 Å². The van der Waals surface area contributed by atoms with Crippen molar-refractivity contribution in [3.05, 3.63) is 6.92 Å². The minimum Gasteiger partial charge on any atom is -0.0654 e. The van der Waals surface area contributed by atoms with E-state index in [0.717, 1.165) is 5.92 Å². The third-order valence-electron chi connectivity index (χ3n) is 2.36.